The van der Waals surface area contributed by atoms with E-state index in [9.17, 15) is 9.59 Å². The van der Waals surface area contributed by atoms with Crippen molar-refractivity contribution in [2.75, 3.05) is 6.26 Å². The molecule has 1 heterocycles. The quantitative estimate of drug-likeness (QED) is 0.580. The molecule has 146 valence electrons. The number of alkyl carbamates (subject to hydrolysis) is 1. The topological polar surface area (TPSA) is 116 Å². The van der Waals surface area contributed by atoms with Crippen LogP contribution in [-0.4, -0.2) is 56.0 Å². The first-order chi connectivity index (χ1) is 11.9. The van der Waals surface area contributed by atoms with Gasteiger partial charge in [0.2, 0.25) is 5.16 Å². The van der Waals surface area contributed by atoms with Crippen LogP contribution in [0.3, 0.4) is 0 Å². The number of thioether (sulfide) groups is 1. The van der Waals surface area contributed by atoms with Crippen LogP contribution in [0.2, 0.25) is 0 Å². The number of ether oxygens (including phenoxy) is 2. The molecule has 0 aliphatic carbocycles. The zero-order chi connectivity index (χ0) is 20.0. The van der Waals surface area contributed by atoms with E-state index in [0.29, 0.717) is 17.4 Å². The summed E-state index contributed by atoms with van der Waals surface area (Å²) in [5.74, 6) is -0.174. The van der Waals surface area contributed by atoms with Crippen LogP contribution in [0.15, 0.2) is 5.16 Å². The summed E-state index contributed by atoms with van der Waals surface area (Å²) in [6.07, 6.45) is 1.66. The van der Waals surface area contributed by atoms with Gasteiger partial charge in [0, 0.05) is 6.42 Å². The Bertz CT molecular complexity index is 611. The molecule has 9 nitrogen and oxygen atoms in total. The third-order valence-electron chi connectivity index (χ3n) is 2.72. The van der Waals surface area contributed by atoms with Crippen molar-refractivity contribution in [1.82, 2.24) is 25.7 Å². The molecule has 26 heavy (non-hydrogen) atoms. The normalized spacial score (nSPS) is 13.0. The highest BCUT2D eigenvalue weighted by molar-refractivity contribution is 7.98. The summed E-state index contributed by atoms with van der Waals surface area (Å²) < 4.78 is 10.6. The second-order valence-corrected chi connectivity index (χ2v) is 8.35. The van der Waals surface area contributed by atoms with Crippen LogP contribution >= 0.6 is 11.8 Å². The second-order valence-electron chi connectivity index (χ2n) is 7.57. The Balaban J connectivity index is 2.78. The average Bonchev–Trinajstić information content (AvgIpc) is 2.48. The fourth-order valence-corrected chi connectivity index (χ4v) is 2.01. The fourth-order valence-electron chi connectivity index (χ4n) is 1.77. The molecule has 0 aliphatic rings. The average molecular weight is 385 g/mol. The van der Waals surface area contributed by atoms with E-state index in [1.165, 1.54) is 11.8 Å². The van der Waals surface area contributed by atoms with Crippen molar-refractivity contribution in [3.8, 4) is 0 Å². The molecule has 0 bridgehead atoms. The standard InChI is InChI=1S/C16H27N5O4S/c1-15(2,3)24-12(22)10(17-14(23)25-16(4,5)6)8-9-11-18-20-13(26-7)21-19-11/h10H,8-9H2,1-7H3,(H,17,23). The predicted octanol–water partition coefficient (Wildman–Crippen LogP) is 2.16. The number of rotatable bonds is 6. The number of hydrogen-bond acceptors (Lipinski definition) is 9. The Morgan fingerprint density at radius 3 is 2.00 bits per heavy atom. The van der Waals surface area contributed by atoms with Crippen LogP contribution in [-0.2, 0) is 20.7 Å². The molecule has 10 heteroatoms. The highest BCUT2D eigenvalue weighted by Gasteiger charge is 2.28. The summed E-state index contributed by atoms with van der Waals surface area (Å²) in [7, 11) is 0. The van der Waals surface area contributed by atoms with Gasteiger partial charge >= 0.3 is 12.1 Å². The first kappa shape index (κ1) is 22.1. The van der Waals surface area contributed by atoms with Crippen molar-refractivity contribution >= 4 is 23.8 Å². The lowest BCUT2D eigenvalue weighted by atomic mass is 10.1. The van der Waals surface area contributed by atoms with Crippen LogP contribution in [0.1, 0.15) is 53.8 Å². The minimum Gasteiger partial charge on any atom is -0.458 e. The molecule has 1 aromatic heterocycles. The molecule has 0 fully saturated rings. The van der Waals surface area contributed by atoms with Crippen molar-refractivity contribution < 1.29 is 19.1 Å². The molecule has 1 N–H and O–H groups in total. The van der Waals surface area contributed by atoms with Crippen molar-refractivity contribution in [1.29, 1.82) is 0 Å². The number of carbonyl (C=O) groups excluding carboxylic acids is 2. The Labute approximate surface area is 158 Å². The number of hydrogen-bond donors (Lipinski definition) is 1. The Kier molecular flexibility index (Phi) is 7.73. The first-order valence-electron chi connectivity index (χ1n) is 8.22. The van der Waals surface area contributed by atoms with E-state index < -0.39 is 29.3 Å². The molecule has 1 amide bonds. The molecule has 1 aromatic rings. The van der Waals surface area contributed by atoms with Gasteiger partial charge in [-0.05, 0) is 54.2 Å². The molecule has 0 aliphatic heterocycles. The maximum absolute atomic E-state index is 12.4. The number of aryl methyl sites for hydroxylation is 1. The van der Waals surface area contributed by atoms with Gasteiger partial charge in [-0.15, -0.1) is 20.4 Å². The van der Waals surface area contributed by atoms with Gasteiger partial charge in [-0.1, -0.05) is 11.8 Å². The van der Waals surface area contributed by atoms with E-state index in [0.717, 1.165) is 0 Å². The number of aromatic nitrogens is 4. The smallest absolute Gasteiger partial charge is 0.408 e. The lowest BCUT2D eigenvalue weighted by Gasteiger charge is -2.26. The zero-order valence-electron chi connectivity index (χ0n) is 16.3. The summed E-state index contributed by atoms with van der Waals surface area (Å²) in [6, 6.07) is -0.895. The molecule has 1 atom stereocenters. The first-order valence-corrected chi connectivity index (χ1v) is 9.45. The number of nitrogens with zero attached hydrogens (tertiary/aromatic N) is 4. The van der Waals surface area contributed by atoms with Crippen molar-refractivity contribution in [3.05, 3.63) is 5.82 Å². The van der Waals surface area contributed by atoms with E-state index in [-0.39, 0.29) is 6.42 Å². The third-order valence-corrected chi connectivity index (χ3v) is 3.25. The summed E-state index contributed by atoms with van der Waals surface area (Å²) in [6.45, 7) is 10.5. The molecule has 0 spiro atoms. The lowest BCUT2D eigenvalue weighted by molar-refractivity contribution is -0.157. The highest BCUT2D eigenvalue weighted by Crippen LogP contribution is 2.13. The van der Waals surface area contributed by atoms with E-state index in [1.807, 2.05) is 6.26 Å². The molecule has 1 unspecified atom stereocenters. The van der Waals surface area contributed by atoms with Gasteiger partial charge in [-0.3, -0.25) is 0 Å². The molecule has 0 saturated heterocycles. The number of carbonyl (C=O) groups is 2. The molecule has 0 saturated carbocycles. The van der Waals surface area contributed by atoms with Crippen molar-refractivity contribution in [3.63, 3.8) is 0 Å². The van der Waals surface area contributed by atoms with Gasteiger partial charge in [-0.25, -0.2) is 9.59 Å². The van der Waals surface area contributed by atoms with Crippen molar-refractivity contribution in [2.24, 2.45) is 0 Å². The minimum atomic E-state index is -0.895. The SMILES string of the molecule is CSc1nnc(CCC(NC(=O)OC(C)(C)C)C(=O)OC(C)(C)C)nn1. The Morgan fingerprint density at radius 2 is 1.54 bits per heavy atom. The van der Waals surface area contributed by atoms with Crippen LogP contribution in [0.25, 0.3) is 0 Å². The van der Waals surface area contributed by atoms with Gasteiger partial charge in [0.1, 0.15) is 17.2 Å². The molecule has 0 aromatic carbocycles. The van der Waals surface area contributed by atoms with E-state index >= 15 is 0 Å². The monoisotopic (exact) mass is 385 g/mol. The van der Waals surface area contributed by atoms with Gasteiger partial charge in [-0.2, -0.15) is 0 Å². The number of nitrogens with one attached hydrogen (secondary N) is 1. The largest absolute Gasteiger partial charge is 0.458 e. The molecule has 1 rings (SSSR count). The maximum Gasteiger partial charge on any atom is 0.408 e. The maximum atomic E-state index is 12.4. The second kappa shape index (κ2) is 9.11. The van der Waals surface area contributed by atoms with E-state index in [1.54, 1.807) is 41.5 Å². The van der Waals surface area contributed by atoms with E-state index in [4.69, 9.17) is 9.47 Å². The van der Waals surface area contributed by atoms with E-state index in [2.05, 4.69) is 25.7 Å². The number of esters is 1. The summed E-state index contributed by atoms with van der Waals surface area (Å²) in [4.78, 5) is 24.4. The van der Waals surface area contributed by atoms with Crippen LogP contribution in [0, 0.1) is 0 Å². The van der Waals surface area contributed by atoms with Gasteiger partial charge in [0.05, 0.1) is 0 Å². The third kappa shape index (κ3) is 8.93. The predicted molar refractivity (Wildman–Crippen MR) is 96.7 cm³/mol. The zero-order valence-corrected chi connectivity index (χ0v) is 17.1. The molecule has 0 radical (unpaired) electrons. The Morgan fingerprint density at radius 1 is 1.00 bits per heavy atom. The summed E-state index contributed by atoms with van der Waals surface area (Å²) in [5.41, 5.74) is -1.35. The minimum absolute atomic E-state index is 0.232. The Hall–Kier alpha value is -1.97. The highest BCUT2D eigenvalue weighted by atomic mass is 32.2. The summed E-state index contributed by atoms with van der Waals surface area (Å²) >= 11 is 1.33. The van der Waals surface area contributed by atoms with Crippen LogP contribution in [0.4, 0.5) is 4.79 Å². The van der Waals surface area contributed by atoms with Gasteiger partial charge in [0.25, 0.3) is 0 Å². The molecular weight excluding hydrogens is 358 g/mol. The van der Waals surface area contributed by atoms with Crippen LogP contribution in [0.5, 0.6) is 0 Å². The molecular formula is C16H27N5O4S. The summed E-state index contributed by atoms with van der Waals surface area (Å²) in [5, 5.41) is 18.7. The number of amides is 1. The fraction of sp³-hybridized carbons (Fsp3) is 0.750. The van der Waals surface area contributed by atoms with Crippen LogP contribution < -0.4 is 5.32 Å². The van der Waals surface area contributed by atoms with Gasteiger partial charge < -0.3 is 14.8 Å². The van der Waals surface area contributed by atoms with Gasteiger partial charge in [0.15, 0.2) is 5.82 Å². The lowest BCUT2D eigenvalue weighted by Crippen LogP contribution is -2.46. The van der Waals surface area contributed by atoms with Crippen molar-refractivity contribution in [2.45, 2.75) is 76.8 Å².